The Hall–Kier alpha value is -0.370. The van der Waals surface area contributed by atoms with Crippen LogP contribution >= 0.6 is 0 Å². The molecule has 1 fully saturated rings. The predicted molar refractivity (Wildman–Crippen MR) is 52.6 cm³/mol. The number of rotatable bonds is 7. The van der Waals surface area contributed by atoms with Gasteiger partial charge in [0.25, 0.3) is 0 Å². The summed E-state index contributed by atoms with van der Waals surface area (Å²) in [4.78, 5) is 11.0. The lowest BCUT2D eigenvalue weighted by Gasteiger charge is -2.13. The Balaban J connectivity index is 2.17. The van der Waals surface area contributed by atoms with Crippen LogP contribution in [0.5, 0.6) is 0 Å². The fourth-order valence-corrected chi connectivity index (χ4v) is 1.93. The first kappa shape index (κ1) is 10.7. The van der Waals surface area contributed by atoms with Crippen molar-refractivity contribution in [3.05, 3.63) is 0 Å². The number of hydrogen-bond donors (Lipinski definition) is 0. The van der Waals surface area contributed by atoms with Gasteiger partial charge in [-0.15, -0.1) is 0 Å². The van der Waals surface area contributed by atoms with Gasteiger partial charge in [0.15, 0.2) is 0 Å². The van der Waals surface area contributed by atoms with Crippen LogP contribution in [0.15, 0.2) is 0 Å². The number of hydrogen-bond acceptors (Lipinski definition) is 2. The fraction of sp³-hybridized carbons (Fsp3) is 0.909. The largest absolute Gasteiger partial charge is 0.385 e. The number of Topliss-reactive ketones (excluding diaryl/α,β-unsaturated/α-hetero) is 1. The standard InChI is InChI=1S/C11H20O2/c1-9(12)8-11(10-5-6-10)4-3-7-13-2/h10-11H,3-8H2,1-2H3. The van der Waals surface area contributed by atoms with Crippen LogP contribution in [0.4, 0.5) is 0 Å². The average Bonchev–Trinajstić information content (AvgIpc) is 2.84. The van der Waals surface area contributed by atoms with E-state index in [1.54, 1.807) is 14.0 Å². The van der Waals surface area contributed by atoms with Crippen molar-refractivity contribution >= 4 is 5.78 Å². The zero-order valence-electron chi connectivity index (χ0n) is 8.71. The van der Waals surface area contributed by atoms with Gasteiger partial charge in [-0.25, -0.2) is 0 Å². The number of ketones is 1. The molecule has 1 aliphatic carbocycles. The van der Waals surface area contributed by atoms with Crippen LogP contribution in [0, 0.1) is 11.8 Å². The van der Waals surface area contributed by atoms with Crippen LogP contribution in [0.2, 0.25) is 0 Å². The Kier molecular flexibility index (Phi) is 4.43. The van der Waals surface area contributed by atoms with Crippen molar-refractivity contribution in [2.24, 2.45) is 11.8 Å². The third kappa shape index (κ3) is 4.41. The smallest absolute Gasteiger partial charge is 0.130 e. The molecule has 0 amide bonds. The molecular formula is C11H20O2. The summed E-state index contributed by atoms with van der Waals surface area (Å²) >= 11 is 0. The summed E-state index contributed by atoms with van der Waals surface area (Å²) in [5.41, 5.74) is 0. The summed E-state index contributed by atoms with van der Waals surface area (Å²) in [6.07, 6.45) is 5.73. The first-order chi connectivity index (χ1) is 6.24. The molecule has 2 nitrogen and oxygen atoms in total. The zero-order valence-corrected chi connectivity index (χ0v) is 8.71. The lowest BCUT2D eigenvalue weighted by molar-refractivity contribution is -0.118. The second-order valence-electron chi connectivity index (χ2n) is 4.14. The highest BCUT2D eigenvalue weighted by Crippen LogP contribution is 2.40. The number of ether oxygens (including phenoxy) is 1. The minimum Gasteiger partial charge on any atom is -0.385 e. The SMILES string of the molecule is COCCCC(CC(C)=O)C1CC1. The molecule has 0 aromatic heterocycles. The van der Waals surface area contributed by atoms with Crippen molar-refractivity contribution in [2.45, 2.75) is 39.0 Å². The minimum atomic E-state index is 0.342. The molecule has 1 saturated carbocycles. The molecule has 13 heavy (non-hydrogen) atoms. The molecule has 0 radical (unpaired) electrons. The van der Waals surface area contributed by atoms with Crippen LogP contribution in [0.25, 0.3) is 0 Å². The van der Waals surface area contributed by atoms with Crippen molar-refractivity contribution < 1.29 is 9.53 Å². The van der Waals surface area contributed by atoms with E-state index in [1.165, 1.54) is 12.8 Å². The van der Waals surface area contributed by atoms with Gasteiger partial charge in [0.05, 0.1) is 0 Å². The summed E-state index contributed by atoms with van der Waals surface area (Å²) in [6, 6.07) is 0. The highest BCUT2D eigenvalue weighted by molar-refractivity contribution is 5.75. The zero-order chi connectivity index (χ0) is 9.68. The topological polar surface area (TPSA) is 26.3 Å². The van der Waals surface area contributed by atoms with Crippen LogP contribution in [-0.2, 0) is 9.53 Å². The average molecular weight is 184 g/mol. The van der Waals surface area contributed by atoms with Crippen molar-refractivity contribution in [3.8, 4) is 0 Å². The number of carbonyl (C=O) groups is 1. The van der Waals surface area contributed by atoms with E-state index in [1.807, 2.05) is 0 Å². The van der Waals surface area contributed by atoms with Crippen molar-refractivity contribution in [1.29, 1.82) is 0 Å². The molecule has 0 spiro atoms. The summed E-state index contributed by atoms with van der Waals surface area (Å²) in [6.45, 7) is 2.53. The maximum absolute atomic E-state index is 11.0. The third-order valence-corrected chi connectivity index (χ3v) is 2.76. The molecule has 0 aromatic rings. The van der Waals surface area contributed by atoms with Crippen LogP contribution in [-0.4, -0.2) is 19.5 Å². The van der Waals surface area contributed by atoms with E-state index in [2.05, 4.69) is 0 Å². The fourth-order valence-electron chi connectivity index (χ4n) is 1.93. The van der Waals surface area contributed by atoms with Crippen LogP contribution < -0.4 is 0 Å². The normalized spacial score (nSPS) is 18.6. The Morgan fingerprint density at radius 3 is 2.69 bits per heavy atom. The molecule has 1 rings (SSSR count). The summed E-state index contributed by atoms with van der Waals surface area (Å²) < 4.78 is 5.01. The van der Waals surface area contributed by atoms with Crippen molar-refractivity contribution in [3.63, 3.8) is 0 Å². The van der Waals surface area contributed by atoms with Gasteiger partial charge >= 0.3 is 0 Å². The maximum Gasteiger partial charge on any atom is 0.130 e. The molecule has 0 aliphatic heterocycles. The Morgan fingerprint density at radius 2 is 2.23 bits per heavy atom. The monoisotopic (exact) mass is 184 g/mol. The molecule has 1 atom stereocenters. The second kappa shape index (κ2) is 5.38. The van der Waals surface area contributed by atoms with Gasteiger partial charge in [0.2, 0.25) is 0 Å². The van der Waals surface area contributed by atoms with Gasteiger partial charge in [-0.2, -0.15) is 0 Å². The minimum absolute atomic E-state index is 0.342. The molecule has 1 unspecified atom stereocenters. The van der Waals surface area contributed by atoms with Gasteiger partial charge in [-0.05, 0) is 44.4 Å². The molecular weight excluding hydrogens is 164 g/mol. The Labute approximate surface area is 80.7 Å². The van der Waals surface area contributed by atoms with E-state index >= 15 is 0 Å². The van der Waals surface area contributed by atoms with Gasteiger partial charge in [-0.1, -0.05) is 0 Å². The van der Waals surface area contributed by atoms with E-state index in [-0.39, 0.29) is 0 Å². The summed E-state index contributed by atoms with van der Waals surface area (Å²) in [5, 5.41) is 0. The molecule has 0 N–H and O–H groups in total. The van der Waals surface area contributed by atoms with Crippen molar-refractivity contribution in [1.82, 2.24) is 0 Å². The maximum atomic E-state index is 11.0. The summed E-state index contributed by atoms with van der Waals surface area (Å²) in [7, 11) is 1.73. The predicted octanol–water partition coefficient (Wildman–Crippen LogP) is 2.42. The highest BCUT2D eigenvalue weighted by Gasteiger charge is 2.31. The molecule has 0 bridgehead atoms. The lowest BCUT2D eigenvalue weighted by Crippen LogP contribution is -2.09. The molecule has 0 saturated heterocycles. The molecule has 2 heteroatoms. The van der Waals surface area contributed by atoms with E-state index in [4.69, 9.17) is 4.74 Å². The first-order valence-electron chi connectivity index (χ1n) is 5.22. The third-order valence-electron chi connectivity index (χ3n) is 2.76. The van der Waals surface area contributed by atoms with E-state index in [9.17, 15) is 4.79 Å². The summed E-state index contributed by atoms with van der Waals surface area (Å²) in [5.74, 6) is 1.84. The lowest BCUT2D eigenvalue weighted by atomic mass is 9.93. The van der Waals surface area contributed by atoms with E-state index in [0.29, 0.717) is 11.7 Å². The molecule has 0 heterocycles. The van der Waals surface area contributed by atoms with Gasteiger partial charge < -0.3 is 9.53 Å². The van der Waals surface area contributed by atoms with Crippen LogP contribution in [0.1, 0.15) is 39.0 Å². The molecule has 76 valence electrons. The highest BCUT2D eigenvalue weighted by atomic mass is 16.5. The number of methoxy groups -OCH3 is 1. The second-order valence-corrected chi connectivity index (χ2v) is 4.14. The van der Waals surface area contributed by atoms with E-state index in [0.717, 1.165) is 31.8 Å². The van der Waals surface area contributed by atoms with Crippen LogP contribution in [0.3, 0.4) is 0 Å². The Morgan fingerprint density at radius 1 is 1.54 bits per heavy atom. The number of carbonyl (C=O) groups excluding carboxylic acids is 1. The molecule has 1 aliphatic rings. The van der Waals surface area contributed by atoms with Gasteiger partial charge in [0.1, 0.15) is 5.78 Å². The van der Waals surface area contributed by atoms with Gasteiger partial charge in [0, 0.05) is 20.1 Å². The van der Waals surface area contributed by atoms with Crippen molar-refractivity contribution in [2.75, 3.05) is 13.7 Å². The van der Waals surface area contributed by atoms with Gasteiger partial charge in [-0.3, -0.25) is 0 Å². The van der Waals surface area contributed by atoms with E-state index < -0.39 is 0 Å². The Bertz CT molecular complexity index is 161. The molecule has 0 aromatic carbocycles. The quantitative estimate of drug-likeness (QED) is 0.568. The first-order valence-corrected chi connectivity index (χ1v) is 5.22.